The third-order valence-electron chi connectivity index (χ3n) is 7.70. The lowest BCUT2D eigenvalue weighted by Crippen LogP contribution is -2.39. The van der Waals surface area contributed by atoms with Crippen molar-refractivity contribution in [2.24, 2.45) is 4.99 Å². The summed E-state index contributed by atoms with van der Waals surface area (Å²) in [6.45, 7) is 3.14. The van der Waals surface area contributed by atoms with Crippen LogP contribution in [-0.2, 0) is 21.5 Å². The Hall–Kier alpha value is -4.87. The minimum atomic E-state index is -4.67. The highest BCUT2D eigenvalue weighted by Gasteiger charge is 2.35. The van der Waals surface area contributed by atoms with Gasteiger partial charge in [-0.15, -0.1) is 11.8 Å². The van der Waals surface area contributed by atoms with E-state index in [1.165, 1.54) is 37.0 Å². The van der Waals surface area contributed by atoms with Crippen LogP contribution in [0.3, 0.4) is 0 Å². The number of aryl methyl sites for hydroxylation is 1. The van der Waals surface area contributed by atoms with Gasteiger partial charge in [-0.05, 0) is 66.9 Å². The number of esters is 1. The fraction of sp³-hybridized carbons (Fsp3) is 0.265. The van der Waals surface area contributed by atoms with Gasteiger partial charge in [-0.2, -0.15) is 18.4 Å². The lowest BCUT2D eigenvalue weighted by molar-refractivity contribution is -0.141. The molecule has 0 spiro atoms. The second-order valence-corrected chi connectivity index (χ2v) is 13.0. The number of rotatable bonds is 8. The normalized spacial score (nSPS) is 14.7. The van der Waals surface area contributed by atoms with E-state index < -0.39 is 23.9 Å². The number of ether oxygens (including phenoxy) is 2. The van der Waals surface area contributed by atoms with Gasteiger partial charge in [0.2, 0.25) is 0 Å². The van der Waals surface area contributed by atoms with Crippen LogP contribution in [0.25, 0.3) is 6.08 Å². The molecule has 0 saturated heterocycles. The Morgan fingerprint density at radius 1 is 1.15 bits per heavy atom. The van der Waals surface area contributed by atoms with Crippen molar-refractivity contribution in [3.8, 4) is 11.8 Å². The van der Waals surface area contributed by atoms with Crippen molar-refractivity contribution in [2.75, 3.05) is 33.2 Å². The van der Waals surface area contributed by atoms with Gasteiger partial charge in [0, 0.05) is 31.1 Å². The van der Waals surface area contributed by atoms with E-state index in [1.807, 2.05) is 49.3 Å². The van der Waals surface area contributed by atoms with Crippen LogP contribution in [0.4, 0.5) is 18.9 Å². The van der Waals surface area contributed by atoms with E-state index in [9.17, 15) is 28.0 Å². The fourth-order valence-electron chi connectivity index (χ4n) is 5.29. The first-order valence-corrected chi connectivity index (χ1v) is 16.2. The molecule has 5 rings (SSSR count). The molecule has 48 heavy (non-hydrogen) atoms. The summed E-state index contributed by atoms with van der Waals surface area (Å²) in [5.74, 6) is 0.0245. The predicted octanol–water partition coefficient (Wildman–Crippen LogP) is 5.37. The molecule has 2 aromatic carbocycles. The molecule has 1 aliphatic rings. The standard InChI is InChI=1S/C34H30F3N5O4S2/c1-18-13-27(34(35,36)37)40-30(24(18)16-38)47-17-22-14-20(7-12-25(22)45-5)15-26-31(43)42-29(21-8-10-23(11-9-21)41(3)4)28(32(44)46-6)19(2)39-33(42)48-26/h7-15,29H,17H2,1-6H3. The summed E-state index contributed by atoms with van der Waals surface area (Å²) in [4.78, 5) is 37.7. The van der Waals surface area contributed by atoms with Crippen LogP contribution in [0.1, 0.15) is 46.5 Å². The van der Waals surface area contributed by atoms with Crippen LogP contribution in [0, 0.1) is 18.3 Å². The van der Waals surface area contributed by atoms with Crippen LogP contribution < -0.4 is 24.5 Å². The first-order chi connectivity index (χ1) is 22.8. The molecule has 248 valence electrons. The first-order valence-electron chi connectivity index (χ1n) is 14.4. The van der Waals surface area contributed by atoms with Crippen LogP contribution in [0.2, 0.25) is 0 Å². The SMILES string of the molecule is COC(=O)C1=C(C)N=c2sc(=Cc3ccc(OC)c(CSc4nc(C(F)(F)F)cc(C)c4C#N)c3)c(=O)n2C1c1ccc(N(C)C)cc1. The highest BCUT2D eigenvalue weighted by Crippen LogP contribution is 2.35. The maximum absolute atomic E-state index is 14.0. The van der Waals surface area contributed by atoms with Gasteiger partial charge in [0.15, 0.2) is 4.80 Å². The second-order valence-electron chi connectivity index (χ2n) is 11.0. The monoisotopic (exact) mass is 693 g/mol. The number of pyridine rings is 1. The Balaban J connectivity index is 1.57. The van der Waals surface area contributed by atoms with E-state index in [0.717, 1.165) is 23.5 Å². The average Bonchev–Trinajstić information content (AvgIpc) is 3.35. The van der Waals surface area contributed by atoms with Crippen molar-refractivity contribution in [1.29, 1.82) is 5.26 Å². The molecule has 14 heteroatoms. The number of nitriles is 1. The summed E-state index contributed by atoms with van der Waals surface area (Å²) in [7, 11) is 6.59. The molecule has 0 bridgehead atoms. The minimum Gasteiger partial charge on any atom is -0.496 e. The van der Waals surface area contributed by atoms with E-state index in [0.29, 0.717) is 37.5 Å². The highest BCUT2D eigenvalue weighted by atomic mass is 32.2. The van der Waals surface area contributed by atoms with E-state index in [-0.39, 0.29) is 33.0 Å². The second kappa shape index (κ2) is 13.7. The molecule has 1 aliphatic heterocycles. The number of thiazole rings is 1. The Kier molecular flexibility index (Phi) is 9.84. The van der Waals surface area contributed by atoms with E-state index in [4.69, 9.17) is 9.47 Å². The molecule has 0 N–H and O–H groups in total. The smallest absolute Gasteiger partial charge is 0.433 e. The number of hydrogen-bond donors (Lipinski definition) is 0. The van der Waals surface area contributed by atoms with Crippen molar-refractivity contribution >= 4 is 40.8 Å². The van der Waals surface area contributed by atoms with Crippen molar-refractivity contribution in [1.82, 2.24) is 9.55 Å². The molecule has 0 amide bonds. The Labute approximate surface area is 282 Å². The maximum Gasteiger partial charge on any atom is 0.433 e. The van der Waals surface area contributed by atoms with E-state index in [1.54, 1.807) is 31.2 Å². The third-order valence-corrected chi connectivity index (χ3v) is 9.71. The number of nitrogens with zero attached hydrogens (tertiary/aromatic N) is 5. The molecule has 4 aromatic rings. The van der Waals surface area contributed by atoms with Gasteiger partial charge in [0.05, 0.1) is 41.6 Å². The third kappa shape index (κ3) is 6.74. The van der Waals surface area contributed by atoms with Gasteiger partial charge in [-0.25, -0.2) is 14.8 Å². The quantitative estimate of drug-likeness (QED) is 0.179. The average molecular weight is 694 g/mol. The molecule has 0 fully saturated rings. The number of benzene rings is 2. The molecule has 0 aliphatic carbocycles. The number of anilines is 1. The number of alkyl halides is 3. The zero-order chi connectivity index (χ0) is 34.9. The van der Waals surface area contributed by atoms with Gasteiger partial charge in [0.25, 0.3) is 5.56 Å². The topological polar surface area (TPSA) is 110 Å². The first kappa shape index (κ1) is 34.5. The van der Waals surface area contributed by atoms with Crippen LogP contribution >= 0.6 is 23.1 Å². The maximum atomic E-state index is 14.0. The summed E-state index contributed by atoms with van der Waals surface area (Å²) in [5.41, 5.74) is 2.41. The van der Waals surface area contributed by atoms with Gasteiger partial charge >= 0.3 is 12.1 Å². The Bertz CT molecular complexity index is 2160. The summed E-state index contributed by atoms with van der Waals surface area (Å²) in [6, 6.07) is 14.8. The lowest BCUT2D eigenvalue weighted by Gasteiger charge is -2.25. The Morgan fingerprint density at radius 2 is 1.85 bits per heavy atom. The van der Waals surface area contributed by atoms with E-state index in [2.05, 4.69) is 9.98 Å². The molecule has 3 heterocycles. The van der Waals surface area contributed by atoms with Crippen LogP contribution in [0.15, 0.2) is 74.6 Å². The van der Waals surface area contributed by atoms with Gasteiger partial charge < -0.3 is 14.4 Å². The fourth-order valence-corrected chi connectivity index (χ4v) is 7.37. The lowest BCUT2D eigenvalue weighted by atomic mass is 9.95. The zero-order valence-corrected chi connectivity index (χ0v) is 28.4. The largest absolute Gasteiger partial charge is 0.496 e. The zero-order valence-electron chi connectivity index (χ0n) is 26.8. The number of aromatic nitrogens is 2. The van der Waals surface area contributed by atoms with Crippen molar-refractivity contribution in [3.63, 3.8) is 0 Å². The number of thioether (sulfide) groups is 1. The number of fused-ring (bicyclic) bond motifs is 1. The number of methoxy groups -OCH3 is 2. The molecular formula is C34H30F3N5O4S2. The van der Waals surface area contributed by atoms with Crippen molar-refractivity contribution in [2.45, 2.75) is 36.8 Å². The summed E-state index contributed by atoms with van der Waals surface area (Å²) in [5, 5.41) is 9.57. The predicted molar refractivity (Wildman–Crippen MR) is 178 cm³/mol. The molecule has 1 unspecified atom stereocenters. The number of hydrogen-bond acceptors (Lipinski definition) is 10. The van der Waals surface area contributed by atoms with Crippen molar-refractivity contribution < 1.29 is 27.4 Å². The summed E-state index contributed by atoms with van der Waals surface area (Å²) in [6.07, 6.45) is -2.98. The van der Waals surface area contributed by atoms with Crippen LogP contribution in [0.5, 0.6) is 5.75 Å². The van der Waals surface area contributed by atoms with Gasteiger partial charge in [-0.1, -0.05) is 29.5 Å². The molecule has 1 atom stereocenters. The molecule has 0 saturated carbocycles. The molecule has 9 nitrogen and oxygen atoms in total. The number of carbonyl (C=O) groups is 1. The summed E-state index contributed by atoms with van der Waals surface area (Å²) < 4.78 is 52.9. The molecular weight excluding hydrogens is 664 g/mol. The van der Waals surface area contributed by atoms with E-state index >= 15 is 0 Å². The number of halogens is 3. The van der Waals surface area contributed by atoms with Crippen LogP contribution in [-0.4, -0.2) is 43.8 Å². The van der Waals surface area contributed by atoms with Crippen molar-refractivity contribution in [3.05, 3.63) is 113 Å². The minimum absolute atomic E-state index is 0.0408. The Morgan fingerprint density at radius 3 is 2.46 bits per heavy atom. The highest BCUT2D eigenvalue weighted by molar-refractivity contribution is 7.98. The number of carbonyl (C=O) groups excluding carboxylic acids is 1. The molecule has 0 radical (unpaired) electrons. The molecule has 2 aromatic heterocycles. The van der Waals surface area contributed by atoms with Gasteiger partial charge in [0.1, 0.15) is 22.5 Å². The van der Waals surface area contributed by atoms with Gasteiger partial charge in [-0.3, -0.25) is 9.36 Å². The number of allylic oxidation sites excluding steroid dienone is 1. The summed E-state index contributed by atoms with van der Waals surface area (Å²) >= 11 is 2.16.